The van der Waals surface area contributed by atoms with E-state index < -0.39 is 11.0 Å². The van der Waals surface area contributed by atoms with Crippen molar-refractivity contribution in [1.82, 2.24) is 5.32 Å². The Labute approximate surface area is 190 Å². The number of rotatable bonds is 7. The van der Waals surface area contributed by atoms with Crippen LogP contribution in [0.2, 0.25) is 0 Å². The monoisotopic (exact) mass is 450 g/mol. The first-order chi connectivity index (χ1) is 15.4. The van der Waals surface area contributed by atoms with Crippen LogP contribution in [-0.4, -0.2) is 23.1 Å². The van der Waals surface area contributed by atoms with Crippen molar-refractivity contribution >= 4 is 40.3 Å². The van der Waals surface area contributed by atoms with Gasteiger partial charge in [-0.2, -0.15) is 0 Å². The zero-order chi connectivity index (χ0) is 23.1. The van der Waals surface area contributed by atoms with Gasteiger partial charge in [0.1, 0.15) is 17.5 Å². The van der Waals surface area contributed by atoms with E-state index in [1.165, 1.54) is 19.2 Å². The lowest BCUT2D eigenvalue weighted by Crippen LogP contribution is -2.39. The Hall–Kier alpha value is -3.98. The van der Waals surface area contributed by atoms with Crippen molar-refractivity contribution in [2.24, 2.45) is 0 Å². The Morgan fingerprint density at radius 2 is 1.69 bits per heavy atom. The van der Waals surface area contributed by atoms with Crippen LogP contribution in [0.1, 0.15) is 17.2 Å². The molecule has 1 atom stereocenters. The molecule has 1 amide bonds. The van der Waals surface area contributed by atoms with Crippen LogP contribution in [0.15, 0.2) is 72.8 Å². The first-order valence-corrected chi connectivity index (χ1v) is 10.1. The molecule has 3 N–H and O–H groups in total. The zero-order valence-corrected chi connectivity index (χ0v) is 18.3. The van der Waals surface area contributed by atoms with E-state index in [9.17, 15) is 14.9 Å². The Bertz CT molecular complexity index is 1140. The molecular weight excluding hydrogens is 428 g/mol. The Balaban J connectivity index is 1.83. The minimum Gasteiger partial charge on any atom is -0.496 e. The van der Waals surface area contributed by atoms with Crippen molar-refractivity contribution in [2.75, 3.05) is 17.7 Å². The first-order valence-electron chi connectivity index (χ1n) is 9.70. The second kappa shape index (κ2) is 10.4. The molecule has 0 spiro atoms. The molecule has 0 aromatic heterocycles. The van der Waals surface area contributed by atoms with E-state index in [4.69, 9.17) is 17.0 Å². The molecule has 0 aliphatic heterocycles. The lowest BCUT2D eigenvalue weighted by atomic mass is 10.1. The predicted molar refractivity (Wildman–Crippen MR) is 128 cm³/mol. The maximum Gasteiger partial charge on any atom is 0.296 e. The van der Waals surface area contributed by atoms with Crippen LogP contribution in [0.3, 0.4) is 0 Å². The molecule has 0 bridgehead atoms. The van der Waals surface area contributed by atoms with Crippen LogP contribution < -0.4 is 20.7 Å². The van der Waals surface area contributed by atoms with Gasteiger partial charge >= 0.3 is 0 Å². The van der Waals surface area contributed by atoms with Gasteiger partial charge < -0.3 is 20.7 Å². The van der Waals surface area contributed by atoms with Crippen molar-refractivity contribution in [3.8, 4) is 5.75 Å². The van der Waals surface area contributed by atoms with Crippen molar-refractivity contribution < 1.29 is 14.5 Å². The number of anilines is 2. The lowest BCUT2D eigenvalue weighted by Gasteiger charge is -2.21. The van der Waals surface area contributed by atoms with Crippen LogP contribution in [-0.2, 0) is 4.79 Å². The summed E-state index contributed by atoms with van der Waals surface area (Å²) in [6.07, 6.45) is 0. The highest BCUT2D eigenvalue weighted by atomic mass is 32.1. The molecule has 3 rings (SSSR count). The molecule has 32 heavy (non-hydrogen) atoms. The molecule has 3 aromatic carbocycles. The fraction of sp³-hybridized carbons (Fsp3) is 0.130. The highest BCUT2D eigenvalue weighted by molar-refractivity contribution is 7.80. The minimum absolute atomic E-state index is 0.0621. The van der Waals surface area contributed by atoms with Crippen LogP contribution in [0.25, 0.3) is 0 Å². The average molecular weight is 451 g/mol. The number of hydrogen-bond acceptors (Lipinski definition) is 5. The molecular formula is C23H22N4O4S. The Kier molecular flexibility index (Phi) is 7.35. The van der Waals surface area contributed by atoms with Gasteiger partial charge in [0.15, 0.2) is 5.11 Å². The summed E-state index contributed by atoms with van der Waals surface area (Å²) >= 11 is 5.37. The smallest absolute Gasteiger partial charge is 0.296 e. The number of nitrogens with zero attached hydrogens (tertiary/aromatic N) is 1. The normalized spacial score (nSPS) is 11.2. The number of aryl methyl sites for hydroxylation is 1. The predicted octanol–water partition coefficient (Wildman–Crippen LogP) is 4.58. The number of carbonyl (C=O) groups excluding carboxylic acids is 1. The molecule has 9 heteroatoms. The third kappa shape index (κ3) is 5.58. The maximum absolute atomic E-state index is 13.1. The summed E-state index contributed by atoms with van der Waals surface area (Å²) in [5.74, 6) is 0.0276. The van der Waals surface area contributed by atoms with Crippen molar-refractivity contribution in [2.45, 2.75) is 13.0 Å². The number of nitro benzene ring substituents is 1. The summed E-state index contributed by atoms with van der Waals surface area (Å²) in [6, 6.07) is 20.1. The van der Waals surface area contributed by atoms with E-state index in [0.717, 1.165) is 5.56 Å². The molecule has 0 aliphatic carbocycles. The third-order valence-corrected chi connectivity index (χ3v) is 4.94. The molecule has 3 aromatic rings. The van der Waals surface area contributed by atoms with E-state index >= 15 is 0 Å². The first kappa shape index (κ1) is 22.7. The molecule has 164 valence electrons. The van der Waals surface area contributed by atoms with Crippen LogP contribution in [0.5, 0.6) is 5.75 Å². The molecule has 8 nitrogen and oxygen atoms in total. The number of nitrogens with one attached hydrogen (secondary N) is 3. The van der Waals surface area contributed by atoms with E-state index in [-0.39, 0.29) is 22.4 Å². The highest BCUT2D eigenvalue weighted by Crippen LogP contribution is 2.29. The summed E-state index contributed by atoms with van der Waals surface area (Å²) in [5, 5.41) is 20.2. The van der Waals surface area contributed by atoms with Gasteiger partial charge in [0.2, 0.25) is 0 Å². The number of methoxy groups -OCH3 is 1. The molecule has 0 heterocycles. The van der Waals surface area contributed by atoms with E-state index in [1.807, 2.05) is 49.4 Å². The highest BCUT2D eigenvalue weighted by Gasteiger charge is 2.23. The van der Waals surface area contributed by atoms with Gasteiger partial charge in [-0.25, -0.2) is 0 Å². The third-order valence-electron chi connectivity index (χ3n) is 4.72. The number of para-hydroxylation sites is 1. The Morgan fingerprint density at radius 1 is 1.00 bits per heavy atom. The van der Waals surface area contributed by atoms with E-state index in [0.29, 0.717) is 17.0 Å². The summed E-state index contributed by atoms with van der Waals surface area (Å²) in [5.41, 5.74) is 2.27. The summed E-state index contributed by atoms with van der Waals surface area (Å²) in [7, 11) is 1.43. The van der Waals surface area contributed by atoms with Gasteiger partial charge in [-0.15, -0.1) is 0 Å². The van der Waals surface area contributed by atoms with Gasteiger partial charge in [-0.05, 0) is 48.5 Å². The molecule has 0 saturated carbocycles. The average Bonchev–Trinajstić information content (AvgIpc) is 2.79. The molecule has 0 fully saturated rings. The molecule has 0 radical (unpaired) electrons. The quantitative estimate of drug-likeness (QED) is 0.275. The van der Waals surface area contributed by atoms with E-state index in [2.05, 4.69) is 16.0 Å². The number of nitro groups is 1. The number of amides is 1. The zero-order valence-electron chi connectivity index (χ0n) is 17.5. The van der Waals surface area contributed by atoms with Gasteiger partial charge in [-0.1, -0.05) is 48.5 Å². The summed E-state index contributed by atoms with van der Waals surface area (Å²) in [4.78, 5) is 24.0. The van der Waals surface area contributed by atoms with Gasteiger partial charge in [-0.3, -0.25) is 14.9 Å². The number of ether oxygens (including phenoxy) is 1. The largest absolute Gasteiger partial charge is 0.496 e. The topological polar surface area (TPSA) is 106 Å². The van der Waals surface area contributed by atoms with Crippen LogP contribution >= 0.6 is 12.2 Å². The summed E-state index contributed by atoms with van der Waals surface area (Å²) in [6.45, 7) is 1.90. The van der Waals surface area contributed by atoms with Gasteiger partial charge in [0.25, 0.3) is 11.6 Å². The van der Waals surface area contributed by atoms with Crippen molar-refractivity contribution in [1.29, 1.82) is 0 Å². The minimum atomic E-state index is -0.826. The SMILES string of the molecule is COc1ccc(NC(=S)NC(C(=O)Nc2ccccc2C)c2ccccc2)c([N+](=O)[O-])c1. The second-order valence-electron chi connectivity index (χ2n) is 6.89. The summed E-state index contributed by atoms with van der Waals surface area (Å²) < 4.78 is 5.05. The number of carbonyl (C=O) groups is 1. The van der Waals surface area contributed by atoms with Gasteiger partial charge in [0.05, 0.1) is 18.1 Å². The van der Waals surface area contributed by atoms with Crippen LogP contribution in [0.4, 0.5) is 17.1 Å². The maximum atomic E-state index is 13.1. The Morgan fingerprint density at radius 3 is 2.34 bits per heavy atom. The van der Waals surface area contributed by atoms with E-state index in [1.54, 1.807) is 18.2 Å². The van der Waals surface area contributed by atoms with Crippen molar-refractivity contribution in [3.63, 3.8) is 0 Å². The molecule has 1 unspecified atom stereocenters. The second-order valence-corrected chi connectivity index (χ2v) is 7.29. The number of hydrogen-bond donors (Lipinski definition) is 3. The standard InChI is InChI=1S/C23H22N4O4S/c1-15-8-6-7-11-18(15)24-22(28)21(16-9-4-3-5-10-16)26-23(32)25-19-13-12-17(31-2)14-20(19)27(29)30/h3-14,21H,1-2H3,(H,24,28)(H2,25,26,32). The van der Waals surface area contributed by atoms with Crippen LogP contribution in [0, 0.1) is 17.0 Å². The number of thiocarbonyl (C=S) groups is 1. The lowest BCUT2D eigenvalue weighted by molar-refractivity contribution is -0.384. The van der Waals surface area contributed by atoms with Gasteiger partial charge in [0, 0.05) is 5.69 Å². The number of benzene rings is 3. The molecule has 0 aliphatic rings. The molecule has 0 saturated heterocycles. The fourth-order valence-electron chi connectivity index (χ4n) is 3.05. The fourth-order valence-corrected chi connectivity index (χ4v) is 3.28. The van der Waals surface area contributed by atoms with Crippen molar-refractivity contribution in [3.05, 3.63) is 94.0 Å².